The summed E-state index contributed by atoms with van der Waals surface area (Å²) in [6, 6.07) is 8.82. The van der Waals surface area contributed by atoms with Crippen LogP contribution in [0.5, 0.6) is 0 Å². The number of hydrogen-bond donors (Lipinski definition) is 1. The number of benzene rings is 1. The molecule has 0 bridgehead atoms. The number of ether oxygens (including phenoxy) is 2. The monoisotopic (exact) mass is 390 g/mol. The SMILES string of the molecule is CCOC(=O)c1sc(N)c(C#N)c1COC(=O)/C=C/c1ccc(Cl)cc1. The Morgan fingerprint density at radius 2 is 2.00 bits per heavy atom. The second-order valence-corrected chi connectivity index (χ2v) is 6.46. The van der Waals surface area contributed by atoms with E-state index in [4.69, 9.17) is 26.8 Å². The molecule has 0 saturated carbocycles. The molecule has 0 atom stereocenters. The highest BCUT2D eigenvalue weighted by atomic mass is 35.5. The number of carbonyl (C=O) groups is 2. The number of nitrogen functional groups attached to an aromatic ring is 1. The molecular weight excluding hydrogens is 376 g/mol. The van der Waals surface area contributed by atoms with Gasteiger partial charge in [0.25, 0.3) is 0 Å². The van der Waals surface area contributed by atoms with Gasteiger partial charge in [-0.2, -0.15) is 5.26 Å². The van der Waals surface area contributed by atoms with Crippen molar-refractivity contribution in [1.82, 2.24) is 0 Å². The van der Waals surface area contributed by atoms with Gasteiger partial charge < -0.3 is 15.2 Å². The zero-order chi connectivity index (χ0) is 19.1. The summed E-state index contributed by atoms with van der Waals surface area (Å²) in [5, 5.41) is 10.00. The minimum atomic E-state index is -0.622. The van der Waals surface area contributed by atoms with Crippen molar-refractivity contribution in [2.45, 2.75) is 13.5 Å². The van der Waals surface area contributed by atoms with E-state index < -0.39 is 11.9 Å². The molecule has 0 aliphatic carbocycles. The van der Waals surface area contributed by atoms with Crippen molar-refractivity contribution >= 4 is 46.0 Å². The van der Waals surface area contributed by atoms with E-state index in [1.807, 2.05) is 6.07 Å². The Labute approximate surface area is 159 Å². The molecule has 0 saturated heterocycles. The van der Waals surface area contributed by atoms with Gasteiger partial charge in [0, 0.05) is 16.7 Å². The molecule has 0 spiro atoms. The van der Waals surface area contributed by atoms with Crippen LogP contribution < -0.4 is 5.73 Å². The molecule has 0 aliphatic heterocycles. The Kier molecular flexibility index (Phi) is 6.78. The van der Waals surface area contributed by atoms with Crippen LogP contribution in [-0.4, -0.2) is 18.5 Å². The highest BCUT2D eigenvalue weighted by Crippen LogP contribution is 2.31. The second kappa shape index (κ2) is 9.04. The molecule has 2 rings (SSSR count). The zero-order valence-corrected chi connectivity index (χ0v) is 15.4. The predicted octanol–water partition coefficient (Wildman–Crippen LogP) is 3.79. The van der Waals surface area contributed by atoms with Gasteiger partial charge in [0.2, 0.25) is 0 Å². The fraction of sp³-hybridized carbons (Fsp3) is 0.167. The summed E-state index contributed by atoms with van der Waals surface area (Å²) in [4.78, 5) is 24.1. The molecule has 2 N–H and O–H groups in total. The smallest absolute Gasteiger partial charge is 0.348 e. The van der Waals surface area contributed by atoms with Gasteiger partial charge in [-0.05, 0) is 30.7 Å². The Bertz CT molecular complexity index is 882. The molecule has 134 valence electrons. The molecule has 1 aromatic heterocycles. The quantitative estimate of drug-likeness (QED) is 0.594. The number of nitrogens with zero attached hydrogens (tertiary/aromatic N) is 1. The van der Waals surface area contributed by atoms with E-state index in [0.29, 0.717) is 5.02 Å². The first-order chi connectivity index (χ1) is 12.5. The molecule has 1 heterocycles. The van der Waals surface area contributed by atoms with Gasteiger partial charge in [-0.25, -0.2) is 9.59 Å². The topological polar surface area (TPSA) is 102 Å². The molecule has 0 fully saturated rings. The third-order valence-electron chi connectivity index (χ3n) is 3.25. The van der Waals surface area contributed by atoms with Crippen molar-refractivity contribution in [2.75, 3.05) is 12.3 Å². The number of carbonyl (C=O) groups excluding carboxylic acids is 2. The summed E-state index contributed by atoms with van der Waals surface area (Å²) in [5.74, 6) is -1.23. The molecular formula is C18H15ClN2O4S. The Morgan fingerprint density at radius 1 is 1.31 bits per heavy atom. The predicted molar refractivity (Wildman–Crippen MR) is 99.7 cm³/mol. The fourth-order valence-electron chi connectivity index (χ4n) is 2.04. The van der Waals surface area contributed by atoms with Crippen LogP contribution in [0.25, 0.3) is 6.08 Å². The molecule has 0 unspecified atom stereocenters. The van der Waals surface area contributed by atoms with Gasteiger partial charge >= 0.3 is 11.9 Å². The van der Waals surface area contributed by atoms with E-state index in [0.717, 1.165) is 16.9 Å². The lowest BCUT2D eigenvalue weighted by Gasteiger charge is -2.05. The molecule has 0 aliphatic rings. The minimum absolute atomic E-state index is 0.118. The van der Waals surface area contributed by atoms with Crippen molar-refractivity contribution in [3.05, 3.63) is 56.9 Å². The summed E-state index contributed by atoms with van der Waals surface area (Å²) in [6.45, 7) is 1.59. The van der Waals surface area contributed by atoms with Crippen LogP contribution in [0.3, 0.4) is 0 Å². The van der Waals surface area contributed by atoms with Gasteiger partial charge in [0.15, 0.2) is 0 Å². The summed E-state index contributed by atoms with van der Waals surface area (Å²) in [6.07, 6.45) is 2.81. The summed E-state index contributed by atoms with van der Waals surface area (Å²) in [5.41, 5.74) is 6.91. The van der Waals surface area contributed by atoms with Crippen molar-refractivity contribution < 1.29 is 19.1 Å². The maximum atomic E-state index is 12.0. The molecule has 8 heteroatoms. The standard InChI is InChI=1S/C18H15ClN2O4S/c1-2-24-18(23)16-14(13(9-20)17(21)26-16)10-25-15(22)8-5-11-3-6-12(19)7-4-11/h3-8H,2,10,21H2,1H3/b8-5+. The van der Waals surface area contributed by atoms with Gasteiger partial charge in [-0.3, -0.25) is 0 Å². The summed E-state index contributed by atoms with van der Waals surface area (Å²) in [7, 11) is 0. The van der Waals surface area contributed by atoms with Crippen LogP contribution in [0, 0.1) is 11.3 Å². The summed E-state index contributed by atoms with van der Waals surface area (Å²) >= 11 is 6.73. The van der Waals surface area contributed by atoms with Crippen LogP contribution in [-0.2, 0) is 20.9 Å². The van der Waals surface area contributed by atoms with Crippen LogP contribution in [0.2, 0.25) is 5.02 Å². The van der Waals surface area contributed by atoms with Crippen LogP contribution in [0.4, 0.5) is 5.00 Å². The first kappa shape index (κ1) is 19.5. The number of halogens is 1. The molecule has 0 radical (unpaired) electrons. The third kappa shape index (κ3) is 4.85. The molecule has 26 heavy (non-hydrogen) atoms. The number of nitriles is 1. The average Bonchev–Trinajstić information content (AvgIpc) is 2.95. The lowest BCUT2D eigenvalue weighted by Crippen LogP contribution is -2.08. The number of hydrogen-bond acceptors (Lipinski definition) is 7. The van der Waals surface area contributed by atoms with E-state index in [1.165, 1.54) is 6.08 Å². The number of thiophene rings is 1. The molecule has 2 aromatic rings. The van der Waals surface area contributed by atoms with E-state index in [1.54, 1.807) is 37.3 Å². The maximum absolute atomic E-state index is 12.0. The van der Waals surface area contributed by atoms with Crippen molar-refractivity contribution in [2.24, 2.45) is 0 Å². The van der Waals surface area contributed by atoms with Gasteiger partial charge in [0.1, 0.15) is 22.6 Å². The number of anilines is 1. The normalized spacial score (nSPS) is 10.5. The Balaban J connectivity index is 2.10. The number of rotatable bonds is 6. The van der Waals surface area contributed by atoms with E-state index in [9.17, 15) is 14.9 Å². The van der Waals surface area contributed by atoms with Gasteiger partial charge in [-0.1, -0.05) is 23.7 Å². The first-order valence-electron chi connectivity index (χ1n) is 7.55. The minimum Gasteiger partial charge on any atom is -0.462 e. The first-order valence-corrected chi connectivity index (χ1v) is 8.74. The highest BCUT2D eigenvalue weighted by Gasteiger charge is 2.23. The van der Waals surface area contributed by atoms with Crippen LogP contribution >= 0.6 is 22.9 Å². The van der Waals surface area contributed by atoms with Crippen LogP contribution in [0.15, 0.2) is 30.3 Å². The van der Waals surface area contributed by atoms with Crippen molar-refractivity contribution in [3.63, 3.8) is 0 Å². The molecule has 6 nitrogen and oxygen atoms in total. The van der Waals surface area contributed by atoms with E-state index in [-0.39, 0.29) is 34.2 Å². The number of esters is 2. The summed E-state index contributed by atoms with van der Waals surface area (Å²) < 4.78 is 10.1. The van der Waals surface area contributed by atoms with E-state index >= 15 is 0 Å². The van der Waals surface area contributed by atoms with Crippen molar-refractivity contribution in [3.8, 4) is 6.07 Å². The lowest BCUT2D eigenvalue weighted by atomic mass is 10.1. The van der Waals surface area contributed by atoms with Gasteiger partial charge in [0.05, 0.1) is 12.2 Å². The average molecular weight is 391 g/mol. The molecule has 0 amide bonds. The molecule has 1 aromatic carbocycles. The lowest BCUT2D eigenvalue weighted by molar-refractivity contribution is -0.138. The highest BCUT2D eigenvalue weighted by molar-refractivity contribution is 7.18. The van der Waals surface area contributed by atoms with Crippen LogP contribution in [0.1, 0.15) is 33.3 Å². The number of nitrogens with two attached hydrogens (primary N) is 1. The largest absolute Gasteiger partial charge is 0.462 e. The zero-order valence-electron chi connectivity index (χ0n) is 13.8. The maximum Gasteiger partial charge on any atom is 0.348 e. The van der Waals surface area contributed by atoms with Gasteiger partial charge in [-0.15, -0.1) is 11.3 Å². The van der Waals surface area contributed by atoms with E-state index in [2.05, 4.69) is 0 Å². The Morgan fingerprint density at radius 3 is 2.62 bits per heavy atom. The van der Waals surface area contributed by atoms with Crippen molar-refractivity contribution in [1.29, 1.82) is 5.26 Å². The Hall–Kier alpha value is -2.82. The fourth-order valence-corrected chi connectivity index (χ4v) is 3.08. The second-order valence-electron chi connectivity index (χ2n) is 4.97. The third-order valence-corrected chi connectivity index (χ3v) is 4.54.